The van der Waals surface area contributed by atoms with Crippen molar-refractivity contribution in [3.05, 3.63) is 55.0 Å². The second-order valence-corrected chi connectivity index (χ2v) is 8.50. The van der Waals surface area contributed by atoms with E-state index in [1.165, 1.54) is 44.0 Å². The monoisotopic (exact) mass is 434 g/mol. The van der Waals surface area contributed by atoms with Gasteiger partial charge >= 0.3 is 6.18 Å². The van der Waals surface area contributed by atoms with Crippen molar-refractivity contribution in [1.29, 1.82) is 0 Å². The van der Waals surface area contributed by atoms with E-state index in [0.717, 1.165) is 16.9 Å². The summed E-state index contributed by atoms with van der Waals surface area (Å²) in [7, 11) is -3.69. The highest BCUT2D eigenvalue weighted by atomic mass is 32.2. The number of alkyl halides is 3. The van der Waals surface area contributed by atoms with Crippen LogP contribution in [0, 0.1) is 0 Å². The highest BCUT2D eigenvalue weighted by molar-refractivity contribution is 7.91. The van der Waals surface area contributed by atoms with Gasteiger partial charge in [0.1, 0.15) is 16.9 Å². The Bertz CT molecular complexity index is 1340. The van der Waals surface area contributed by atoms with Crippen molar-refractivity contribution in [3.63, 3.8) is 0 Å². The number of fused-ring (bicyclic) bond motifs is 1. The Hall–Kier alpha value is -3.41. The first-order valence-corrected chi connectivity index (χ1v) is 10.3. The van der Waals surface area contributed by atoms with Gasteiger partial charge in [0.15, 0.2) is 15.7 Å². The maximum atomic E-state index is 13.0. The van der Waals surface area contributed by atoms with E-state index >= 15 is 0 Å². The van der Waals surface area contributed by atoms with Gasteiger partial charge < -0.3 is 0 Å². The summed E-state index contributed by atoms with van der Waals surface area (Å²) in [4.78, 5) is 15.5. The van der Waals surface area contributed by atoms with Crippen LogP contribution in [0.3, 0.4) is 0 Å². The molecule has 0 amide bonds. The van der Waals surface area contributed by atoms with Gasteiger partial charge in [-0.15, -0.1) is 0 Å². The largest absolute Gasteiger partial charge is 0.433 e. The Morgan fingerprint density at radius 3 is 2.50 bits per heavy atom. The topological polar surface area (TPSA) is 104 Å². The Morgan fingerprint density at radius 1 is 1.10 bits per heavy atom. The van der Waals surface area contributed by atoms with E-state index in [0.29, 0.717) is 16.6 Å². The smallest absolute Gasteiger partial charge is 0.251 e. The van der Waals surface area contributed by atoms with Gasteiger partial charge in [-0.05, 0) is 18.2 Å². The van der Waals surface area contributed by atoms with Crippen LogP contribution in [0.5, 0.6) is 0 Å². The highest BCUT2D eigenvalue weighted by Crippen LogP contribution is 2.30. The fraction of sp³-hybridized carbons (Fsp3) is 0.167. The Kier molecular flexibility index (Phi) is 4.73. The molecule has 0 unspecified atom stereocenters. The third-order valence-corrected chi connectivity index (χ3v) is 6.06. The van der Waals surface area contributed by atoms with E-state index in [4.69, 9.17) is 0 Å². The lowest BCUT2D eigenvalue weighted by molar-refractivity contribution is -0.141. The summed E-state index contributed by atoms with van der Waals surface area (Å²) in [5.41, 5.74) is -0.163. The van der Waals surface area contributed by atoms with Crippen LogP contribution in [0.1, 0.15) is 12.6 Å². The molecule has 0 fully saturated rings. The van der Waals surface area contributed by atoms with Crippen LogP contribution in [0.4, 0.5) is 13.2 Å². The second kappa shape index (κ2) is 7.13. The average molecular weight is 434 g/mol. The van der Waals surface area contributed by atoms with E-state index in [-0.39, 0.29) is 22.0 Å². The SMILES string of the molecule is CCS(=O)(=O)c1ccc(-c2cncnc2)nc1-n1cc2cnc(C(F)(F)F)cc2n1. The maximum absolute atomic E-state index is 13.0. The predicted molar refractivity (Wildman–Crippen MR) is 100 cm³/mol. The summed E-state index contributed by atoms with van der Waals surface area (Å²) in [6.07, 6.45) is 2.14. The molecule has 12 heteroatoms. The molecule has 4 rings (SSSR count). The number of pyridine rings is 2. The molecule has 0 spiro atoms. The van der Waals surface area contributed by atoms with E-state index in [1.807, 2.05) is 0 Å². The summed E-state index contributed by atoms with van der Waals surface area (Å²) >= 11 is 0. The minimum atomic E-state index is -4.62. The summed E-state index contributed by atoms with van der Waals surface area (Å²) < 4.78 is 65.1. The molecule has 0 atom stereocenters. The normalized spacial score (nSPS) is 12.4. The van der Waals surface area contributed by atoms with Crippen LogP contribution in [0.2, 0.25) is 0 Å². The Balaban J connectivity index is 1.93. The van der Waals surface area contributed by atoms with Crippen molar-refractivity contribution in [3.8, 4) is 17.1 Å². The number of aromatic nitrogens is 6. The summed E-state index contributed by atoms with van der Waals surface area (Å²) in [6.45, 7) is 1.48. The number of rotatable bonds is 4. The lowest BCUT2D eigenvalue weighted by Crippen LogP contribution is -2.11. The van der Waals surface area contributed by atoms with Gasteiger partial charge in [-0.3, -0.25) is 4.98 Å². The molecule has 4 heterocycles. The lowest BCUT2D eigenvalue weighted by Gasteiger charge is -2.10. The molecule has 0 bridgehead atoms. The van der Waals surface area contributed by atoms with Crippen LogP contribution >= 0.6 is 0 Å². The Morgan fingerprint density at radius 2 is 1.83 bits per heavy atom. The number of halogens is 3. The van der Waals surface area contributed by atoms with Crippen LogP contribution < -0.4 is 0 Å². The number of hydrogen-bond donors (Lipinski definition) is 0. The van der Waals surface area contributed by atoms with E-state index in [1.54, 1.807) is 0 Å². The van der Waals surface area contributed by atoms with E-state index < -0.39 is 21.7 Å². The van der Waals surface area contributed by atoms with Crippen LogP contribution in [-0.2, 0) is 16.0 Å². The first-order chi connectivity index (χ1) is 14.2. The van der Waals surface area contributed by atoms with Crippen LogP contribution in [-0.4, -0.2) is 43.9 Å². The predicted octanol–water partition coefficient (Wildman–Crippen LogP) is 3.08. The summed E-state index contributed by atoms with van der Waals surface area (Å²) in [6, 6.07) is 3.70. The number of hydrogen-bond acceptors (Lipinski definition) is 7. The first kappa shape index (κ1) is 19.9. The molecule has 0 aromatic carbocycles. The zero-order valence-corrected chi connectivity index (χ0v) is 16.2. The molecular weight excluding hydrogens is 421 g/mol. The standard InChI is InChI=1S/C18H13F3N6O2S/c1-2-30(28,29)15-4-3-13(11-6-22-10-23-7-11)25-17(15)27-9-12-8-24-16(18(19,20)21)5-14(12)26-27/h3-10H,2H2,1H3. The second-order valence-electron chi connectivity index (χ2n) is 6.25. The molecule has 0 aliphatic heterocycles. The molecule has 0 aliphatic carbocycles. The Labute approximate surface area is 168 Å². The summed E-state index contributed by atoms with van der Waals surface area (Å²) in [5.74, 6) is -0.223. The maximum Gasteiger partial charge on any atom is 0.433 e. The van der Waals surface area contributed by atoms with Gasteiger partial charge in [-0.1, -0.05) is 6.92 Å². The fourth-order valence-electron chi connectivity index (χ4n) is 2.77. The minimum absolute atomic E-state index is 0.00687. The van der Waals surface area contributed by atoms with Crippen molar-refractivity contribution >= 4 is 20.7 Å². The molecule has 0 aliphatic rings. The molecule has 4 aromatic heterocycles. The molecule has 0 radical (unpaired) electrons. The van der Waals surface area contributed by atoms with Crippen molar-refractivity contribution in [2.75, 3.05) is 5.75 Å². The third-order valence-electron chi connectivity index (χ3n) is 4.31. The first-order valence-electron chi connectivity index (χ1n) is 8.61. The van der Waals surface area contributed by atoms with Crippen LogP contribution in [0.15, 0.2) is 54.2 Å². The van der Waals surface area contributed by atoms with E-state index in [2.05, 4.69) is 25.0 Å². The molecule has 0 saturated carbocycles. The van der Waals surface area contributed by atoms with Crippen molar-refractivity contribution < 1.29 is 21.6 Å². The highest BCUT2D eigenvalue weighted by Gasteiger charge is 2.33. The number of nitrogens with zero attached hydrogens (tertiary/aromatic N) is 6. The van der Waals surface area contributed by atoms with Crippen LogP contribution in [0.25, 0.3) is 28.0 Å². The minimum Gasteiger partial charge on any atom is -0.251 e. The van der Waals surface area contributed by atoms with Gasteiger partial charge in [0, 0.05) is 35.7 Å². The lowest BCUT2D eigenvalue weighted by atomic mass is 10.2. The molecule has 0 saturated heterocycles. The summed E-state index contributed by atoms with van der Waals surface area (Å²) in [5, 5.41) is 4.42. The van der Waals surface area contributed by atoms with E-state index in [9.17, 15) is 21.6 Å². The molecular formula is C18H13F3N6O2S. The third kappa shape index (κ3) is 3.61. The van der Waals surface area contributed by atoms with Crippen molar-refractivity contribution in [2.45, 2.75) is 18.0 Å². The van der Waals surface area contributed by atoms with Gasteiger partial charge in [0.2, 0.25) is 0 Å². The van der Waals surface area contributed by atoms with Gasteiger partial charge in [0.25, 0.3) is 0 Å². The van der Waals surface area contributed by atoms with Crippen molar-refractivity contribution in [2.24, 2.45) is 0 Å². The molecule has 4 aromatic rings. The molecule has 8 nitrogen and oxygen atoms in total. The molecule has 0 N–H and O–H groups in total. The number of sulfone groups is 1. The van der Waals surface area contributed by atoms with Gasteiger partial charge in [0.05, 0.1) is 17.0 Å². The zero-order valence-electron chi connectivity index (χ0n) is 15.4. The average Bonchev–Trinajstić information content (AvgIpc) is 3.16. The van der Waals surface area contributed by atoms with Gasteiger partial charge in [-0.25, -0.2) is 28.1 Å². The fourth-order valence-corrected chi connectivity index (χ4v) is 3.78. The van der Waals surface area contributed by atoms with Crippen molar-refractivity contribution in [1.82, 2.24) is 29.7 Å². The molecule has 30 heavy (non-hydrogen) atoms. The zero-order chi connectivity index (χ0) is 21.5. The quantitative estimate of drug-likeness (QED) is 0.486. The molecule has 154 valence electrons. The van der Waals surface area contributed by atoms with Gasteiger partial charge in [-0.2, -0.15) is 18.3 Å².